The first kappa shape index (κ1) is 13.0. The molecule has 0 bridgehead atoms. The van der Waals surface area contributed by atoms with Crippen molar-refractivity contribution in [3.8, 4) is 0 Å². The fourth-order valence-corrected chi connectivity index (χ4v) is 2.27. The molecule has 3 N–H and O–H groups in total. The number of rotatable bonds is 3. The van der Waals surface area contributed by atoms with E-state index < -0.39 is 6.09 Å². The highest BCUT2D eigenvalue weighted by Crippen LogP contribution is 2.29. The van der Waals surface area contributed by atoms with Crippen LogP contribution >= 0.6 is 0 Å². The third kappa shape index (κ3) is 3.26. The van der Waals surface area contributed by atoms with Crippen LogP contribution in [0.1, 0.15) is 12.8 Å². The zero-order valence-corrected chi connectivity index (χ0v) is 10.3. The summed E-state index contributed by atoms with van der Waals surface area (Å²) in [5.74, 6) is 0. The van der Waals surface area contributed by atoms with E-state index in [-0.39, 0.29) is 6.04 Å². The number of nitrogens with one attached hydrogen (secondary N) is 2. The third-order valence-corrected chi connectivity index (χ3v) is 3.03. The van der Waals surface area contributed by atoms with Gasteiger partial charge in [-0.2, -0.15) is 0 Å². The molecule has 8 nitrogen and oxygen atoms in total. The summed E-state index contributed by atoms with van der Waals surface area (Å²) in [6.07, 6.45) is 3.90. The number of aromatic nitrogens is 1. The Hall–Kier alpha value is -2.47. The molecule has 1 aliphatic heterocycles. The maximum atomic E-state index is 10.7. The van der Waals surface area contributed by atoms with Crippen LogP contribution in [-0.2, 0) is 0 Å². The van der Waals surface area contributed by atoms with Crippen LogP contribution < -0.4 is 15.1 Å². The lowest BCUT2D eigenvalue weighted by Gasteiger charge is -2.34. The third-order valence-electron chi connectivity index (χ3n) is 3.03. The molecule has 1 aromatic heterocycles. The van der Waals surface area contributed by atoms with Crippen molar-refractivity contribution in [2.75, 3.05) is 18.0 Å². The summed E-state index contributed by atoms with van der Waals surface area (Å²) >= 11 is 0. The topological polar surface area (TPSA) is 116 Å². The number of hydrogen-bond donors (Lipinski definition) is 3. The minimum Gasteiger partial charge on any atom is -0.465 e. The highest BCUT2D eigenvalue weighted by Gasteiger charge is 2.23. The first-order valence-corrected chi connectivity index (χ1v) is 5.96. The van der Waals surface area contributed by atoms with Crippen molar-refractivity contribution < 1.29 is 9.90 Å². The van der Waals surface area contributed by atoms with Crippen molar-refractivity contribution in [2.24, 2.45) is 5.11 Å². The van der Waals surface area contributed by atoms with Gasteiger partial charge in [0, 0.05) is 25.3 Å². The van der Waals surface area contributed by atoms with Gasteiger partial charge in [0.15, 0.2) is 10.8 Å². The van der Waals surface area contributed by atoms with Gasteiger partial charge in [-0.05, 0) is 18.9 Å². The molecule has 8 heteroatoms. The summed E-state index contributed by atoms with van der Waals surface area (Å²) in [5, 5.41) is 15.0. The quantitative estimate of drug-likeness (QED) is 0.566. The van der Waals surface area contributed by atoms with Gasteiger partial charge < -0.3 is 15.3 Å². The van der Waals surface area contributed by atoms with Gasteiger partial charge in [-0.25, -0.2) is 4.79 Å². The summed E-state index contributed by atoms with van der Waals surface area (Å²) in [6, 6.07) is 1.70. The molecule has 1 fully saturated rings. The minimum atomic E-state index is -1.01. The molecular formula is C11H15N6O2+. The van der Waals surface area contributed by atoms with Gasteiger partial charge in [0.2, 0.25) is 4.91 Å². The lowest BCUT2D eigenvalue weighted by molar-refractivity contribution is 0.188. The van der Waals surface area contributed by atoms with Crippen LogP contribution in [0.5, 0.6) is 0 Å². The molecule has 0 spiro atoms. The molecule has 0 saturated carbocycles. The molecule has 0 unspecified atom stereocenters. The van der Waals surface area contributed by atoms with Crippen molar-refractivity contribution in [3.63, 3.8) is 0 Å². The highest BCUT2D eigenvalue weighted by atomic mass is 16.4. The molecule has 1 amide bonds. The molecule has 1 aromatic rings. The van der Waals surface area contributed by atoms with E-state index in [0.717, 1.165) is 25.1 Å². The van der Waals surface area contributed by atoms with Crippen LogP contribution in [-0.4, -0.2) is 35.3 Å². The molecule has 0 radical (unpaired) electrons. The van der Waals surface area contributed by atoms with Crippen molar-refractivity contribution >= 4 is 17.5 Å². The average Bonchev–Trinajstić information content (AvgIpc) is 2.39. The van der Waals surface area contributed by atoms with Gasteiger partial charge in [-0.15, -0.1) is 0 Å². The van der Waals surface area contributed by atoms with Crippen molar-refractivity contribution in [3.05, 3.63) is 18.5 Å². The van der Waals surface area contributed by atoms with Crippen LogP contribution in [0.15, 0.2) is 23.6 Å². The molecule has 0 aromatic carbocycles. The maximum absolute atomic E-state index is 10.7. The van der Waals surface area contributed by atoms with Gasteiger partial charge in [0.1, 0.15) is 5.53 Å². The SMILES string of the molecule is N=[N+]=Nc1cnccc1N1CCC[C@H](NC(=O)O)C1. The second kappa shape index (κ2) is 5.92. The molecule has 0 aliphatic carbocycles. The van der Waals surface area contributed by atoms with Gasteiger partial charge in [-0.3, -0.25) is 4.98 Å². The van der Waals surface area contributed by atoms with Gasteiger partial charge >= 0.3 is 6.09 Å². The van der Waals surface area contributed by atoms with Crippen molar-refractivity contribution in [1.82, 2.24) is 15.2 Å². The second-order valence-corrected chi connectivity index (χ2v) is 4.30. The lowest BCUT2D eigenvalue weighted by Crippen LogP contribution is -2.47. The summed E-state index contributed by atoms with van der Waals surface area (Å²) in [6.45, 7) is 1.40. The summed E-state index contributed by atoms with van der Waals surface area (Å²) in [5.41, 5.74) is 8.15. The Bertz CT molecular complexity index is 514. The first-order valence-electron chi connectivity index (χ1n) is 5.96. The van der Waals surface area contributed by atoms with E-state index in [1.165, 1.54) is 0 Å². The second-order valence-electron chi connectivity index (χ2n) is 4.30. The zero-order chi connectivity index (χ0) is 13.7. The summed E-state index contributed by atoms with van der Waals surface area (Å²) < 4.78 is 0. The monoisotopic (exact) mass is 263 g/mol. The Balaban J connectivity index is 2.17. The van der Waals surface area contributed by atoms with Crippen LogP contribution in [0.25, 0.3) is 0 Å². The number of amides is 1. The van der Waals surface area contributed by atoms with E-state index in [1.807, 2.05) is 4.90 Å². The van der Waals surface area contributed by atoms with E-state index in [1.54, 1.807) is 18.5 Å². The molecule has 1 atom stereocenters. The van der Waals surface area contributed by atoms with Crippen LogP contribution in [0.3, 0.4) is 0 Å². The zero-order valence-electron chi connectivity index (χ0n) is 10.3. The Kier molecular flexibility index (Phi) is 4.04. The van der Waals surface area contributed by atoms with E-state index in [9.17, 15) is 4.79 Å². The Labute approximate surface area is 109 Å². The maximum Gasteiger partial charge on any atom is 0.404 e. The molecular weight excluding hydrogens is 248 g/mol. The molecule has 1 saturated heterocycles. The lowest BCUT2D eigenvalue weighted by atomic mass is 10.1. The molecule has 1 aliphatic rings. The standard InChI is InChI=1S/C11H14N6O2/c12-16-15-9-6-13-4-3-10(9)17-5-1-2-8(7-17)14-11(18)19/h3-4,6,8,12,14H,1-2,5,7H2/p+1/t8-/m0/s1. The number of carbonyl (C=O) groups is 1. The largest absolute Gasteiger partial charge is 0.465 e. The Morgan fingerprint density at radius 3 is 3.26 bits per heavy atom. The number of pyridine rings is 1. The van der Waals surface area contributed by atoms with Crippen molar-refractivity contribution in [2.45, 2.75) is 18.9 Å². The fourth-order valence-electron chi connectivity index (χ4n) is 2.27. The predicted octanol–water partition coefficient (Wildman–Crippen LogP) is 1.50. The van der Waals surface area contributed by atoms with Gasteiger partial charge in [0.05, 0.1) is 11.9 Å². The van der Waals surface area contributed by atoms with Crippen molar-refractivity contribution in [1.29, 1.82) is 5.53 Å². The predicted molar refractivity (Wildman–Crippen MR) is 67.6 cm³/mol. The van der Waals surface area contributed by atoms with E-state index in [4.69, 9.17) is 10.6 Å². The Morgan fingerprint density at radius 2 is 2.53 bits per heavy atom. The fraction of sp³-hybridized carbons (Fsp3) is 0.455. The van der Waals surface area contributed by atoms with Gasteiger partial charge in [0.25, 0.3) is 0 Å². The van der Waals surface area contributed by atoms with E-state index in [2.05, 4.69) is 20.3 Å². The number of hydrogen-bond acceptors (Lipinski definition) is 5. The van der Waals surface area contributed by atoms with E-state index in [0.29, 0.717) is 12.2 Å². The molecule has 2 rings (SSSR count). The van der Waals surface area contributed by atoms with Crippen LogP contribution in [0, 0.1) is 5.53 Å². The number of nitrogens with zero attached hydrogens (tertiary/aromatic N) is 4. The number of piperidine rings is 1. The van der Waals surface area contributed by atoms with Gasteiger partial charge in [-0.1, -0.05) is 0 Å². The average molecular weight is 263 g/mol. The first-order chi connectivity index (χ1) is 9.20. The van der Waals surface area contributed by atoms with E-state index >= 15 is 0 Å². The summed E-state index contributed by atoms with van der Waals surface area (Å²) in [4.78, 5) is 19.7. The molecule has 100 valence electrons. The smallest absolute Gasteiger partial charge is 0.404 e. The van der Waals surface area contributed by atoms with Crippen LogP contribution in [0.2, 0.25) is 0 Å². The molecule has 2 heterocycles. The molecule has 19 heavy (non-hydrogen) atoms. The van der Waals surface area contributed by atoms with Crippen LogP contribution in [0.4, 0.5) is 16.2 Å². The Morgan fingerprint density at radius 1 is 1.68 bits per heavy atom. The minimum absolute atomic E-state index is 0.0970. The number of carboxylic acid groups (broad SMARTS) is 1. The summed E-state index contributed by atoms with van der Waals surface area (Å²) in [7, 11) is 0. The normalized spacial score (nSPS) is 18.5. The highest BCUT2D eigenvalue weighted by molar-refractivity contribution is 5.67. The number of anilines is 1.